The minimum absolute atomic E-state index is 0.122. The van der Waals surface area contributed by atoms with Gasteiger partial charge in [-0.3, -0.25) is 9.69 Å². The third-order valence-corrected chi connectivity index (χ3v) is 9.15. The Balaban J connectivity index is 1.38. The molecule has 0 aromatic carbocycles. The lowest BCUT2D eigenvalue weighted by atomic mass is 9.73. The molecule has 4 rings (SSSR count). The van der Waals surface area contributed by atoms with Gasteiger partial charge in [-0.2, -0.15) is 0 Å². The fraction of sp³-hybridized carbons (Fsp3) is 0.774. The van der Waals surface area contributed by atoms with Gasteiger partial charge in [0.05, 0.1) is 6.54 Å². The summed E-state index contributed by atoms with van der Waals surface area (Å²) in [4.78, 5) is 33.0. The summed E-state index contributed by atoms with van der Waals surface area (Å²) in [5, 5.41) is 5.91. The second-order valence-electron chi connectivity index (χ2n) is 13.2. The molecule has 4 N–H and O–H groups in total. The average Bonchev–Trinajstić information content (AvgIpc) is 3.12. The Labute approximate surface area is 230 Å². The van der Waals surface area contributed by atoms with Gasteiger partial charge in [0.1, 0.15) is 5.54 Å². The molecule has 4 aliphatic rings. The van der Waals surface area contributed by atoms with E-state index in [2.05, 4.69) is 49.6 Å². The maximum atomic E-state index is 14.1. The number of urea groups is 1. The first-order valence-electron chi connectivity index (χ1n) is 15.3. The van der Waals surface area contributed by atoms with E-state index in [9.17, 15) is 9.59 Å². The monoisotopic (exact) mass is 525 g/mol. The summed E-state index contributed by atoms with van der Waals surface area (Å²) in [6, 6.07) is -0.123. The summed E-state index contributed by atoms with van der Waals surface area (Å²) < 4.78 is 0. The van der Waals surface area contributed by atoms with Gasteiger partial charge in [0.15, 0.2) is 5.96 Å². The Bertz CT molecular complexity index is 907. The van der Waals surface area contributed by atoms with E-state index >= 15 is 0 Å². The zero-order valence-corrected chi connectivity index (χ0v) is 24.1. The Morgan fingerprint density at radius 1 is 1.05 bits per heavy atom. The van der Waals surface area contributed by atoms with Crippen LogP contribution in [-0.2, 0) is 4.79 Å². The number of carbonyl (C=O) groups is 2. The van der Waals surface area contributed by atoms with Crippen molar-refractivity contribution in [2.24, 2.45) is 33.9 Å². The van der Waals surface area contributed by atoms with Gasteiger partial charge in [0.2, 0.25) is 0 Å². The Hall–Kier alpha value is -2.31. The first kappa shape index (κ1) is 28.7. The summed E-state index contributed by atoms with van der Waals surface area (Å²) in [6.07, 6.45) is 21.5. The normalized spacial score (nSPS) is 26.4. The molecule has 1 unspecified atom stereocenters. The Morgan fingerprint density at radius 2 is 1.66 bits per heavy atom. The van der Waals surface area contributed by atoms with Crippen molar-refractivity contribution < 1.29 is 9.59 Å². The highest BCUT2D eigenvalue weighted by Gasteiger charge is 2.50. The lowest BCUT2D eigenvalue weighted by Crippen LogP contribution is -2.47. The summed E-state index contributed by atoms with van der Waals surface area (Å²) in [5.74, 6) is 2.09. The molecule has 1 atom stereocenters. The highest BCUT2D eigenvalue weighted by Crippen LogP contribution is 2.42. The number of nitrogens with one attached hydrogen (secondary N) is 2. The van der Waals surface area contributed by atoms with Gasteiger partial charge in [0.25, 0.3) is 5.91 Å². The van der Waals surface area contributed by atoms with Crippen molar-refractivity contribution in [2.45, 2.75) is 110 Å². The van der Waals surface area contributed by atoms with Crippen molar-refractivity contribution in [2.75, 3.05) is 19.6 Å². The number of hydrogen-bond donors (Lipinski definition) is 3. The number of carbonyl (C=O) groups excluding carboxylic acids is 2. The van der Waals surface area contributed by atoms with Crippen molar-refractivity contribution in [1.29, 1.82) is 0 Å². The molecule has 2 saturated carbocycles. The second kappa shape index (κ2) is 12.7. The molecule has 212 valence electrons. The molecule has 0 saturated heterocycles. The maximum Gasteiger partial charge on any atom is 0.314 e. The standard InChI is InChI=1S/C31H51N5O2/c1-23(2)20-33-29(38)34-22-30(3)16-14-26(15-17-30)21-36-27(37)31(35-28(36)32,18-24-10-6-4-7-11-24)19-25-12-8-5-9-13-25/h14-16,23-25H,4-13,17-22H2,1-3H3,(H2,32,35)(H2,33,34,38). The first-order valence-corrected chi connectivity index (χ1v) is 15.3. The lowest BCUT2D eigenvalue weighted by Gasteiger charge is -2.35. The van der Waals surface area contributed by atoms with Crippen LogP contribution in [0.3, 0.4) is 0 Å². The third kappa shape index (κ3) is 7.41. The van der Waals surface area contributed by atoms with E-state index in [4.69, 9.17) is 10.7 Å². The fourth-order valence-electron chi connectivity index (χ4n) is 6.80. The molecular formula is C31H51N5O2. The van der Waals surface area contributed by atoms with E-state index in [-0.39, 0.29) is 17.4 Å². The number of amides is 3. The molecule has 0 aromatic heterocycles. The second-order valence-corrected chi connectivity index (χ2v) is 13.2. The van der Waals surface area contributed by atoms with E-state index in [1.54, 1.807) is 4.90 Å². The SMILES string of the molecule is CC(C)CNC(=O)NCC1(C)C=CC(CN2C(=O)C(CC3CCCCC3)(CC3CCCCC3)N=C2N)=CC1. The molecule has 7 heteroatoms. The van der Waals surface area contributed by atoms with E-state index in [1.807, 2.05) is 0 Å². The minimum Gasteiger partial charge on any atom is -0.369 e. The molecule has 1 aliphatic heterocycles. The van der Waals surface area contributed by atoms with Gasteiger partial charge >= 0.3 is 6.03 Å². The number of hydrogen-bond acceptors (Lipinski definition) is 4. The fourth-order valence-corrected chi connectivity index (χ4v) is 6.80. The van der Waals surface area contributed by atoms with Crippen molar-refractivity contribution in [3.63, 3.8) is 0 Å². The molecule has 0 radical (unpaired) electrons. The Morgan fingerprint density at radius 3 is 2.18 bits per heavy atom. The smallest absolute Gasteiger partial charge is 0.314 e. The molecular weight excluding hydrogens is 474 g/mol. The zero-order chi connectivity index (χ0) is 27.2. The lowest BCUT2D eigenvalue weighted by molar-refractivity contribution is -0.132. The van der Waals surface area contributed by atoms with Crippen LogP contribution < -0.4 is 16.4 Å². The van der Waals surface area contributed by atoms with Crippen molar-refractivity contribution >= 4 is 17.9 Å². The predicted octanol–water partition coefficient (Wildman–Crippen LogP) is 5.67. The van der Waals surface area contributed by atoms with Gasteiger partial charge in [0, 0.05) is 18.5 Å². The zero-order valence-electron chi connectivity index (χ0n) is 24.1. The van der Waals surface area contributed by atoms with Gasteiger partial charge in [-0.25, -0.2) is 9.79 Å². The molecule has 2 fully saturated rings. The number of nitrogens with zero attached hydrogens (tertiary/aromatic N) is 2. The Kier molecular flexibility index (Phi) is 9.59. The van der Waals surface area contributed by atoms with Gasteiger partial charge in [-0.05, 0) is 42.6 Å². The quantitative estimate of drug-likeness (QED) is 0.343. The molecule has 0 bridgehead atoms. The highest BCUT2D eigenvalue weighted by molar-refractivity contribution is 6.07. The van der Waals surface area contributed by atoms with Crippen LogP contribution in [0.5, 0.6) is 0 Å². The molecule has 0 spiro atoms. The number of allylic oxidation sites excluding steroid dienone is 1. The highest BCUT2D eigenvalue weighted by atomic mass is 16.2. The van der Waals surface area contributed by atoms with E-state index in [0.29, 0.717) is 43.3 Å². The average molecular weight is 526 g/mol. The van der Waals surface area contributed by atoms with Gasteiger partial charge in [-0.1, -0.05) is 103 Å². The topological polar surface area (TPSA) is 99.8 Å². The van der Waals surface area contributed by atoms with Crippen molar-refractivity contribution in [3.05, 3.63) is 23.8 Å². The summed E-state index contributed by atoms with van der Waals surface area (Å²) in [5.41, 5.74) is 6.77. The van der Waals surface area contributed by atoms with E-state index in [0.717, 1.165) is 24.8 Å². The molecule has 1 heterocycles. The van der Waals surface area contributed by atoms with Gasteiger partial charge < -0.3 is 16.4 Å². The van der Waals surface area contributed by atoms with Crippen LogP contribution >= 0.6 is 0 Å². The summed E-state index contributed by atoms with van der Waals surface area (Å²) >= 11 is 0. The van der Waals surface area contributed by atoms with Crippen LogP contribution in [-0.4, -0.2) is 48.0 Å². The van der Waals surface area contributed by atoms with Crippen LogP contribution in [0, 0.1) is 23.2 Å². The van der Waals surface area contributed by atoms with Gasteiger partial charge in [-0.15, -0.1) is 0 Å². The van der Waals surface area contributed by atoms with Crippen LogP contribution in [0.15, 0.2) is 28.8 Å². The van der Waals surface area contributed by atoms with E-state index in [1.165, 1.54) is 64.2 Å². The van der Waals surface area contributed by atoms with Crippen LogP contribution in [0.25, 0.3) is 0 Å². The summed E-state index contributed by atoms with van der Waals surface area (Å²) in [7, 11) is 0. The molecule has 7 nitrogen and oxygen atoms in total. The number of aliphatic imine (C=N–C) groups is 1. The predicted molar refractivity (Wildman–Crippen MR) is 155 cm³/mol. The largest absolute Gasteiger partial charge is 0.369 e. The van der Waals surface area contributed by atoms with Crippen LogP contribution in [0.1, 0.15) is 104 Å². The molecule has 0 aromatic rings. The van der Waals surface area contributed by atoms with E-state index < -0.39 is 5.54 Å². The molecule has 38 heavy (non-hydrogen) atoms. The van der Waals surface area contributed by atoms with Crippen molar-refractivity contribution in [3.8, 4) is 0 Å². The minimum atomic E-state index is -0.672. The number of rotatable bonds is 10. The number of guanidine groups is 1. The first-order chi connectivity index (χ1) is 18.2. The maximum absolute atomic E-state index is 14.1. The third-order valence-electron chi connectivity index (χ3n) is 9.15. The number of nitrogens with two attached hydrogens (primary N) is 1. The van der Waals surface area contributed by atoms with Crippen molar-refractivity contribution in [1.82, 2.24) is 15.5 Å². The summed E-state index contributed by atoms with van der Waals surface area (Å²) in [6.45, 7) is 8.01. The molecule has 3 amide bonds. The van der Waals surface area contributed by atoms with Crippen LogP contribution in [0.2, 0.25) is 0 Å². The van der Waals surface area contributed by atoms with Crippen LogP contribution in [0.4, 0.5) is 4.79 Å². The molecule has 3 aliphatic carbocycles.